The van der Waals surface area contributed by atoms with E-state index in [1.807, 2.05) is 0 Å². The Hall–Kier alpha value is -2.08. The van der Waals surface area contributed by atoms with Crippen molar-refractivity contribution in [3.05, 3.63) is 34.8 Å². The van der Waals surface area contributed by atoms with Gasteiger partial charge in [0, 0.05) is 11.6 Å². The van der Waals surface area contributed by atoms with Gasteiger partial charge in [0.1, 0.15) is 5.69 Å². The zero-order valence-corrected chi connectivity index (χ0v) is 9.86. The molecule has 0 radical (unpaired) electrons. The molecule has 2 aromatic rings. The smallest absolute Gasteiger partial charge is 0.374 e. The standard InChI is InChI=1S/C11H7ClFNO4/c1-17-8-3-5(2-6(12)10(8)13)7-4-9(11(15)16)18-14-7/h2-4H,1H3,(H,15,16). The Balaban J connectivity index is 2.50. The summed E-state index contributed by atoms with van der Waals surface area (Å²) in [6.07, 6.45) is 0. The van der Waals surface area contributed by atoms with Crippen LogP contribution in [0.3, 0.4) is 0 Å². The van der Waals surface area contributed by atoms with Crippen molar-refractivity contribution in [2.24, 2.45) is 0 Å². The number of carboxylic acids is 1. The van der Waals surface area contributed by atoms with Gasteiger partial charge >= 0.3 is 5.97 Å². The van der Waals surface area contributed by atoms with Gasteiger partial charge in [-0.05, 0) is 12.1 Å². The van der Waals surface area contributed by atoms with Crippen molar-refractivity contribution in [1.29, 1.82) is 0 Å². The van der Waals surface area contributed by atoms with Crippen LogP contribution in [0.5, 0.6) is 5.75 Å². The normalized spacial score (nSPS) is 10.4. The highest BCUT2D eigenvalue weighted by atomic mass is 35.5. The van der Waals surface area contributed by atoms with Gasteiger partial charge in [0.05, 0.1) is 12.1 Å². The predicted octanol–water partition coefficient (Wildman–Crippen LogP) is 2.84. The third-order valence-corrected chi connectivity index (χ3v) is 2.51. The Morgan fingerprint density at radius 2 is 2.22 bits per heavy atom. The van der Waals surface area contributed by atoms with Crippen LogP contribution in [0.25, 0.3) is 11.3 Å². The quantitative estimate of drug-likeness (QED) is 0.929. The molecule has 94 valence electrons. The van der Waals surface area contributed by atoms with E-state index in [4.69, 9.17) is 21.4 Å². The number of aromatic carboxylic acids is 1. The molecule has 1 heterocycles. The molecule has 1 aromatic carbocycles. The number of halogens is 2. The molecule has 0 unspecified atom stereocenters. The fraction of sp³-hybridized carbons (Fsp3) is 0.0909. The lowest BCUT2D eigenvalue weighted by Gasteiger charge is -2.05. The van der Waals surface area contributed by atoms with Crippen LogP contribution in [0.15, 0.2) is 22.7 Å². The minimum absolute atomic E-state index is 0.0580. The highest BCUT2D eigenvalue weighted by Gasteiger charge is 2.16. The summed E-state index contributed by atoms with van der Waals surface area (Å²) in [5.74, 6) is -2.31. The van der Waals surface area contributed by atoms with Gasteiger partial charge in [0.2, 0.25) is 5.76 Å². The van der Waals surface area contributed by atoms with Crippen LogP contribution in [-0.2, 0) is 0 Å². The minimum Gasteiger partial charge on any atom is -0.494 e. The molecule has 0 aliphatic rings. The minimum atomic E-state index is -1.24. The number of methoxy groups -OCH3 is 1. The predicted molar refractivity (Wildman–Crippen MR) is 60.4 cm³/mol. The zero-order chi connectivity index (χ0) is 13.3. The summed E-state index contributed by atoms with van der Waals surface area (Å²) in [6.45, 7) is 0. The maximum atomic E-state index is 13.4. The molecule has 18 heavy (non-hydrogen) atoms. The van der Waals surface area contributed by atoms with Crippen LogP contribution in [0, 0.1) is 5.82 Å². The Morgan fingerprint density at radius 1 is 1.50 bits per heavy atom. The van der Waals surface area contributed by atoms with E-state index < -0.39 is 11.8 Å². The summed E-state index contributed by atoms with van der Waals surface area (Å²) < 4.78 is 22.8. The van der Waals surface area contributed by atoms with Gasteiger partial charge in [0.25, 0.3) is 0 Å². The topological polar surface area (TPSA) is 72.6 Å². The highest BCUT2D eigenvalue weighted by molar-refractivity contribution is 6.31. The number of aromatic nitrogens is 1. The molecule has 0 fully saturated rings. The number of hydrogen-bond donors (Lipinski definition) is 1. The van der Waals surface area contributed by atoms with Gasteiger partial charge in [0.15, 0.2) is 11.6 Å². The van der Waals surface area contributed by atoms with Crippen molar-refractivity contribution in [2.75, 3.05) is 7.11 Å². The summed E-state index contributed by atoms with van der Waals surface area (Å²) in [4.78, 5) is 10.6. The van der Waals surface area contributed by atoms with Crippen molar-refractivity contribution < 1.29 is 23.6 Å². The van der Waals surface area contributed by atoms with E-state index in [9.17, 15) is 9.18 Å². The van der Waals surface area contributed by atoms with Gasteiger partial charge < -0.3 is 14.4 Å². The number of rotatable bonds is 3. The van der Waals surface area contributed by atoms with Gasteiger partial charge in [-0.1, -0.05) is 16.8 Å². The van der Waals surface area contributed by atoms with Crippen LogP contribution < -0.4 is 4.74 Å². The second-order valence-corrected chi connectivity index (χ2v) is 3.76. The van der Waals surface area contributed by atoms with E-state index in [1.54, 1.807) is 0 Å². The molecular weight excluding hydrogens is 265 g/mol. The summed E-state index contributed by atoms with van der Waals surface area (Å²) in [6, 6.07) is 3.87. The first-order chi connectivity index (χ1) is 8.52. The van der Waals surface area contributed by atoms with E-state index in [0.717, 1.165) is 0 Å². The molecule has 0 saturated carbocycles. The molecule has 7 heteroatoms. The third-order valence-electron chi connectivity index (χ3n) is 2.23. The number of carboxylic acid groups (broad SMARTS) is 1. The molecule has 0 aliphatic heterocycles. The Kier molecular flexibility index (Phi) is 3.20. The number of nitrogens with zero attached hydrogens (tertiary/aromatic N) is 1. The van der Waals surface area contributed by atoms with Crippen molar-refractivity contribution in [3.63, 3.8) is 0 Å². The van der Waals surface area contributed by atoms with Crippen molar-refractivity contribution in [2.45, 2.75) is 0 Å². The molecule has 0 atom stereocenters. The summed E-state index contributed by atoms with van der Waals surface area (Å²) in [5, 5.41) is 12.1. The van der Waals surface area contributed by atoms with E-state index >= 15 is 0 Å². The van der Waals surface area contributed by atoms with Crippen molar-refractivity contribution in [3.8, 4) is 17.0 Å². The SMILES string of the molecule is COc1cc(-c2cc(C(=O)O)on2)cc(Cl)c1F. The van der Waals surface area contributed by atoms with Gasteiger partial charge in [-0.2, -0.15) is 0 Å². The monoisotopic (exact) mass is 271 g/mol. The summed E-state index contributed by atoms with van der Waals surface area (Å²) in [7, 11) is 1.30. The zero-order valence-electron chi connectivity index (χ0n) is 9.11. The molecule has 1 N–H and O–H groups in total. The molecule has 5 nitrogen and oxygen atoms in total. The van der Waals surface area contributed by atoms with E-state index in [2.05, 4.69) is 9.68 Å². The van der Waals surface area contributed by atoms with Gasteiger partial charge in [-0.15, -0.1) is 0 Å². The molecule has 1 aromatic heterocycles. The van der Waals surface area contributed by atoms with Crippen LogP contribution in [0.4, 0.5) is 4.39 Å². The van der Waals surface area contributed by atoms with Crippen molar-refractivity contribution >= 4 is 17.6 Å². The molecule has 0 bridgehead atoms. The van der Waals surface area contributed by atoms with Crippen LogP contribution in [0.1, 0.15) is 10.6 Å². The molecule has 0 amide bonds. The fourth-order valence-corrected chi connectivity index (χ4v) is 1.58. The Morgan fingerprint density at radius 3 is 2.78 bits per heavy atom. The van der Waals surface area contributed by atoms with Gasteiger partial charge in [-0.25, -0.2) is 9.18 Å². The second kappa shape index (κ2) is 4.66. The number of carbonyl (C=O) groups is 1. The van der Waals surface area contributed by atoms with E-state index in [-0.39, 0.29) is 22.2 Å². The van der Waals surface area contributed by atoms with Crippen LogP contribution >= 0.6 is 11.6 Å². The highest BCUT2D eigenvalue weighted by Crippen LogP contribution is 2.31. The average molecular weight is 272 g/mol. The Labute approximate surface area is 106 Å². The molecule has 2 rings (SSSR count). The molecule has 0 spiro atoms. The lowest BCUT2D eigenvalue weighted by molar-refractivity contribution is 0.0652. The van der Waals surface area contributed by atoms with Gasteiger partial charge in [-0.3, -0.25) is 0 Å². The maximum absolute atomic E-state index is 13.4. The number of hydrogen-bond acceptors (Lipinski definition) is 4. The number of ether oxygens (including phenoxy) is 1. The lowest BCUT2D eigenvalue weighted by atomic mass is 10.1. The van der Waals surface area contributed by atoms with E-state index in [0.29, 0.717) is 5.56 Å². The summed E-state index contributed by atoms with van der Waals surface area (Å²) >= 11 is 5.69. The maximum Gasteiger partial charge on any atom is 0.374 e. The number of benzene rings is 1. The third kappa shape index (κ3) is 2.14. The Bertz CT molecular complexity index is 611. The second-order valence-electron chi connectivity index (χ2n) is 3.36. The molecule has 0 aliphatic carbocycles. The van der Waals surface area contributed by atoms with Crippen molar-refractivity contribution in [1.82, 2.24) is 5.16 Å². The lowest BCUT2D eigenvalue weighted by Crippen LogP contribution is -1.92. The van der Waals surface area contributed by atoms with Crippen LogP contribution in [0.2, 0.25) is 5.02 Å². The van der Waals surface area contributed by atoms with Crippen LogP contribution in [-0.4, -0.2) is 23.3 Å². The first-order valence-corrected chi connectivity index (χ1v) is 5.14. The molecule has 0 saturated heterocycles. The molecular formula is C11H7ClFNO4. The fourth-order valence-electron chi connectivity index (χ4n) is 1.37. The average Bonchev–Trinajstić information content (AvgIpc) is 2.82. The first kappa shape index (κ1) is 12.4. The first-order valence-electron chi connectivity index (χ1n) is 4.76. The largest absolute Gasteiger partial charge is 0.494 e. The summed E-state index contributed by atoms with van der Waals surface area (Å²) in [5.41, 5.74) is 0.627. The van der Waals surface area contributed by atoms with E-state index in [1.165, 1.54) is 25.3 Å².